The first kappa shape index (κ1) is 18.2. The van der Waals surface area contributed by atoms with E-state index in [1.807, 2.05) is 41.3 Å². The van der Waals surface area contributed by atoms with E-state index in [0.29, 0.717) is 12.5 Å². The van der Waals surface area contributed by atoms with Crippen molar-refractivity contribution in [2.75, 3.05) is 5.73 Å². The first-order valence-corrected chi connectivity index (χ1v) is 9.97. The van der Waals surface area contributed by atoms with Gasteiger partial charge in [0.1, 0.15) is 5.69 Å². The summed E-state index contributed by atoms with van der Waals surface area (Å²) in [5.41, 5.74) is 13.7. The van der Waals surface area contributed by atoms with Gasteiger partial charge in [-0.25, -0.2) is 14.6 Å². The topological polar surface area (TPSA) is 95.4 Å². The molecule has 0 saturated heterocycles. The molecule has 0 bridgehead atoms. The Balaban J connectivity index is 1.46. The highest BCUT2D eigenvalue weighted by Crippen LogP contribution is 2.33. The molecular weight excluding hydrogens is 374 g/mol. The van der Waals surface area contributed by atoms with E-state index in [1.165, 1.54) is 5.56 Å². The monoisotopic (exact) mass is 395 g/mol. The number of allylic oxidation sites excluding steroid dienone is 1. The number of anilines is 1. The molecule has 148 valence electrons. The Labute approximate surface area is 174 Å². The van der Waals surface area contributed by atoms with E-state index >= 15 is 0 Å². The lowest BCUT2D eigenvalue weighted by molar-refractivity contribution is 0.650. The molecule has 0 radical (unpaired) electrons. The summed E-state index contributed by atoms with van der Waals surface area (Å²) in [4.78, 5) is 13.4. The van der Waals surface area contributed by atoms with Crippen molar-refractivity contribution in [3.8, 4) is 11.3 Å². The number of aromatic nitrogens is 6. The van der Waals surface area contributed by atoms with Gasteiger partial charge >= 0.3 is 0 Å². The number of nitrogen functional groups attached to an aromatic ring is 1. The molecule has 7 heteroatoms. The van der Waals surface area contributed by atoms with Crippen LogP contribution < -0.4 is 5.73 Å². The molecule has 0 saturated carbocycles. The Morgan fingerprint density at radius 3 is 2.77 bits per heavy atom. The van der Waals surface area contributed by atoms with Crippen molar-refractivity contribution in [2.24, 2.45) is 0 Å². The number of nitrogens with two attached hydrogens (primary N) is 1. The number of nitrogens with zero attached hydrogens (tertiary/aromatic N) is 6. The molecule has 0 atom stereocenters. The van der Waals surface area contributed by atoms with E-state index in [1.54, 1.807) is 0 Å². The summed E-state index contributed by atoms with van der Waals surface area (Å²) in [5, 5.41) is 8.64. The summed E-state index contributed by atoms with van der Waals surface area (Å²) in [5.74, 6) is 0.298. The third-order valence-corrected chi connectivity index (χ3v) is 5.22. The van der Waals surface area contributed by atoms with Crippen molar-refractivity contribution in [1.29, 1.82) is 0 Å². The van der Waals surface area contributed by atoms with Gasteiger partial charge in [-0.3, -0.25) is 4.98 Å². The summed E-state index contributed by atoms with van der Waals surface area (Å²) in [7, 11) is 0. The number of hydrogen-bond acceptors (Lipinski definition) is 6. The molecule has 1 aliphatic rings. The van der Waals surface area contributed by atoms with Crippen molar-refractivity contribution in [3.63, 3.8) is 0 Å². The zero-order chi connectivity index (χ0) is 20.5. The van der Waals surface area contributed by atoms with Crippen molar-refractivity contribution < 1.29 is 0 Å². The van der Waals surface area contributed by atoms with E-state index < -0.39 is 0 Å². The van der Waals surface area contributed by atoms with E-state index in [-0.39, 0.29) is 0 Å². The van der Waals surface area contributed by atoms with Gasteiger partial charge in [0, 0.05) is 35.0 Å². The van der Waals surface area contributed by atoms with Crippen molar-refractivity contribution in [1.82, 2.24) is 29.9 Å². The predicted octanol–water partition coefficient (Wildman–Crippen LogP) is 3.31. The van der Waals surface area contributed by atoms with Crippen LogP contribution in [0.1, 0.15) is 35.1 Å². The third-order valence-electron chi connectivity index (χ3n) is 5.22. The molecule has 0 amide bonds. The average molecular weight is 395 g/mol. The second-order valence-corrected chi connectivity index (χ2v) is 7.28. The molecule has 0 fully saturated rings. The minimum absolute atomic E-state index is 0.298. The van der Waals surface area contributed by atoms with E-state index in [9.17, 15) is 0 Å². The zero-order valence-corrected chi connectivity index (χ0v) is 16.7. The smallest absolute Gasteiger partial charge is 0.220 e. The van der Waals surface area contributed by atoms with Crippen LogP contribution >= 0.6 is 0 Å². The maximum absolute atomic E-state index is 5.92. The molecule has 5 rings (SSSR count). The molecule has 1 aromatic carbocycles. The quantitative estimate of drug-likeness (QED) is 0.557. The predicted molar refractivity (Wildman–Crippen MR) is 115 cm³/mol. The van der Waals surface area contributed by atoms with Gasteiger partial charge in [-0.15, -0.1) is 5.10 Å². The number of aryl methyl sites for hydroxylation is 1. The van der Waals surface area contributed by atoms with Crippen LogP contribution in [0.2, 0.25) is 0 Å². The van der Waals surface area contributed by atoms with Gasteiger partial charge in [0.05, 0.1) is 24.1 Å². The van der Waals surface area contributed by atoms with Crippen molar-refractivity contribution in [3.05, 3.63) is 89.1 Å². The van der Waals surface area contributed by atoms with Crippen LogP contribution in [0.5, 0.6) is 0 Å². The lowest BCUT2D eigenvalue weighted by Crippen LogP contribution is -2.02. The number of rotatable bonds is 5. The maximum atomic E-state index is 5.92. The summed E-state index contributed by atoms with van der Waals surface area (Å²) in [6.45, 7) is 2.73. The van der Waals surface area contributed by atoms with Gasteiger partial charge in [-0.1, -0.05) is 48.5 Å². The molecule has 0 unspecified atom stereocenters. The van der Waals surface area contributed by atoms with Gasteiger partial charge in [0.15, 0.2) is 0 Å². The largest absolute Gasteiger partial charge is 0.368 e. The summed E-state index contributed by atoms with van der Waals surface area (Å²) >= 11 is 0. The van der Waals surface area contributed by atoms with Crippen LogP contribution in [0.25, 0.3) is 16.8 Å². The van der Waals surface area contributed by atoms with Crippen LogP contribution in [0, 0.1) is 0 Å². The summed E-state index contributed by atoms with van der Waals surface area (Å²) < 4.78 is 1.84. The number of hydrogen-bond donors (Lipinski definition) is 1. The molecule has 3 heterocycles. The normalized spacial score (nSPS) is 12.6. The molecule has 2 N–H and O–H groups in total. The Bertz CT molecular complexity index is 1240. The van der Waals surface area contributed by atoms with Crippen LogP contribution in [-0.2, 0) is 19.4 Å². The standard InChI is InChI=1S/C23H21N7/c1-2-17-11-21(27-23(24)26-17)18-8-9-20-19(18)10-16(12-25-20)22-14-30(29-28-22)13-15-6-4-3-5-7-15/h3-8,10-12,14H,2,9,13H2,1H3,(H2,24,26,27). The fraction of sp³-hybridized carbons (Fsp3) is 0.174. The Kier molecular flexibility index (Phi) is 4.55. The minimum Gasteiger partial charge on any atom is -0.368 e. The molecule has 0 spiro atoms. The SMILES string of the molecule is CCc1cc(C2=CCc3ncc(-c4cn(Cc5ccccc5)nn4)cc32)nc(N)n1. The maximum Gasteiger partial charge on any atom is 0.220 e. The second kappa shape index (κ2) is 7.51. The molecule has 4 aromatic rings. The van der Waals surface area contributed by atoms with Gasteiger partial charge in [-0.05, 0) is 24.1 Å². The lowest BCUT2D eigenvalue weighted by Gasteiger charge is -2.08. The molecular formula is C23H21N7. The van der Waals surface area contributed by atoms with Crippen LogP contribution in [0.3, 0.4) is 0 Å². The molecule has 3 aromatic heterocycles. The molecule has 0 aliphatic heterocycles. The fourth-order valence-electron chi connectivity index (χ4n) is 3.70. The first-order valence-electron chi connectivity index (χ1n) is 9.97. The summed E-state index contributed by atoms with van der Waals surface area (Å²) in [6.07, 6.45) is 7.54. The van der Waals surface area contributed by atoms with Gasteiger partial charge < -0.3 is 5.73 Å². The van der Waals surface area contributed by atoms with Crippen molar-refractivity contribution in [2.45, 2.75) is 26.3 Å². The minimum atomic E-state index is 0.298. The average Bonchev–Trinajstić information content (AvgIpc) is 3.40. The molecule has 30 heavy (non-hydrogen) atoms. The highest BCUT2D eigenvalue weighted by molar-refractivity contribution is 5.84. The van der Waals surface area contributed by atoms with Gasteiger partial charge in [0.2, 0.25) is 5.95 Å². The Hall–Kier alpha value is -3.87. The zero-order valence-electron chi connectivity index (χ0n) is 16.7. The third kappa shape index (κ3) is 3.45. The van der Waals surface area contributed by atoms with Crippen LogP contribution in [-0.4, -0.2) is 29.9 Å². The van der Waals surface area contributed by atoms with Crippen LogP contribution in [0.4, 0.5) is 5.95 Å². The Morgan fingerprint density at radius 1 is 1.07 bits per heavy atom. The highest BCUT2D eigenvalue weighted by Gasteiger charge is 2.20. The number of pyridine rings is 1. The lowest BCUT2D eigenvalue weighted by atomic mass is 10.0. The second-order valence-electron chi connectivity index (χ2n) is 7.28. The van der Waals surface area contributed by atoms with Gasteiger partial charge in [-0.2, -0.15) is 0 Å². The highest BCUT2D eigenvalue weighted by atomic mass is 15.4. The van der Waals surface area contributed by atoms with Crippen molar-refractivity contribution >= 4 is 11.5 Å². The van der Waals surface area contributed by atoms with Crippen LogP contribution in [0.15, 0.2) is 60.9 Å². The van der Waals surface area contributed by atoms with E-state index in [2.05, 4.69) is 56.5 Å². The summed E-state index contributed by atoms with van der Waals surface area (Å²) in [6, 6.07) is 14.3. The number of fused-ring (bicyclic) bond motifs is 1. The molecule has 1 aliphatic carbocycles. The van der Waals surface area contributed by atoms with Gasteiger partial charge in [0.25, 0.3) is 0 Å². The number of benzene rings is 1. The Morgan fingerprint density at radius 2 is 1.93 bits per heavy atom. The fourth-order valence-corrected chi connectivity index (χ4v) is 3.70. The first-order chi connectivity index (χ1) is 14.7. The van der Waals surface area contributed by atoms with E-state index in [0.717, 1.165) is 52.3 Å². The molecule has 7 nitrogen and oxygen atoms in total. The van der Waals surface area contributed by atoms with E-state index in [4.69, 9.17) is 5.73 Å².